The Kier molecular flexibility index (Phi) is 7.10. The largest absolute Gasteiger partial charge is 0.355 e. The third-order valence-electron chi connectivity index (χ3n) is 4.87. The van der Waals surface area contributed by atoms with Crippen molar-refractivity contribution in [1.82, 2.24) is 9.62 Å². The standard InChI is InChI=1S/C20H23ClN2O4S2/c1-28(25)17-9-5-15(6-10-17)14-23(19-4-2-3-13-22-20(19)24)29(26,27)18-11-7-16(21)8-12-18/h5-12,19H,2-4,13-14H2,1H3,(H,22,24). The molecule has 1 fully saturated rings. The van der Waals surface area contributed by atoms with Crippen molar-refractivity contribution in [2.24, 2.45) is 0 Å². The van der Waals surface area contributed by atoms with Crippen LogP contribution in [0.15, 0.2) is 58.3 Å². The summed E-state index contributed by atoms with van der Waals surface area (Å²) in [5.41, 5.74) is 0.716. The van der Waals surface area contributed by atoms with Crippen LogP contribution in [0.3, 0.4) is 0 Å². The summed E-state index contributed by atoms with van der Waals surface area (Å²) in [6, 6.07) is 12.1. The molecule has 1 aliphatic rings. The summed E-state index contributed by atoms with van der Waals surface area (Å²) in [6.45, 7) is 0.584. The molecule has 9 heteroatoms. The molecule has 6 nitrogen and oxygen atoms in total. The van der Waals surface area contributed by atoms with Crippen LogP contribution in [0.2, 0.25) is 5.02 Å². The topological polar surface area (TPSA) is 83.6 Å². The van der Waals surface area contributed by atoms with Crippen LogP contribution < -0.4 is 5.32 Å². The van der Waals surface area contributed by atoms with Crippen LogP contribution in [0.25, 0.3) is 0 Å². The fourth-order valence-electron chi connectivity index (χ4n) is 3.27. The lowest BCUT2D eigenvalue weighted by Gasteiger charge is -2.29. The Bertz CT molecular complexity index is 992. The Morgan fingerprint density at radius 2 is 1.76 bits per heavy atom. The fraction of sp³-hybridized carbons (Fsp3) is 0.350. The second kappa shape index (κ2) is 9.38. The van der Waals surface area contributed by atoms with E-state index in [1.165, 1.54) is 28.6 Å². The summed E-state index contributed by atoms with van der Waals surface area (Å²) in [4.78, 5) is 13.4. The molecule has 0 saturated carbocycles. The number of amides is 1. The minimum absolute atomic E-state index is 0.0413. The van der Waals surface area contributed by atoms with Crippen molar-refractivity contribution in [3.8, 4) is 0 Å². The lowest BCUT2D eigenvalue weighted by Crippen LogP contribution is -2.48. The van der Waals surface area contributed by atoms with Gasteiger partial charge in [0.1, 0.15) is 6.04 Å². The van der Waals surface area contributed by atoms with Gasteiger partial charge in [0.25, 0.3) is 0 Å². The van der Waals surface area contributed by atoms with Crippen molar-refractivity contribution >= 4 is 38.3 Å². The highest BCUT2D eigenvalue weighted by Gasteiger charge is 2.36. The maximum absolute atomic E-state index is 13.4. The Hall–Kier alpha value is -1.74. The molecule has 1 amide bonds. The number of carbonyl (C=O) groups is 1. The highest BCUT2D eigenvalue weighted by Crippen LogP contribution is 2.26. The molecule has 2 aromatic rings. The quantitative estimate of drug-likeness (QED) is 0.727. The summed E-state index contributed by atoms with van der Waals surface area (Å²) >= 11 is 5.91. The van der Waals surface area contributed by atoms with E-state index in [4.69, 9.17) is 11.6 Å². The third kappa shape index (κ3) is 5.25. The second-order valence-electron chi connectivity index (χ2n) is 6.90. The molecule has 2 unspecified atom stereocenters. The number of rotatable bonds is 6. The number of hydrogen-bond donors (Lipinski definition) is 1. The molecule has 2 aromatic carbocycles. The summed E-state index contributed by atoms with van der Waals surface area (Å²) < 4.78 is 39.7. The van der Waals surface area contributed by atoms with E-state index in [-0.39, 0.29) is 17.3 Å². The number of hydrogen-bond acceptors (Lipinski definition) is 4. The molecule has 0 aromatic heterocycles. The van der Waals surface area contributed by atoms with Gasteiger partial charge in [-0.15, -0.1) is 0 Å². The molecule has 1 aliphatic heterocycles. The molecule has 0 radical (unpaired) electrons. The van der Waals surface area contributed by atoms with Gasteiger partial charge in [-0.05, 0) is 61.2 Å². The van der Waals surface area contributed by atoms with Crippen LogP contribution in [-0.2, 0) is 32.2 Å². The van der Waals surface area contributed by atoms with Gasteiger partial charge < -0.3 is 5.32 Å². The normalized spacial score (nSPS) is 18.9. The van der Waals surface area contributed by atoms with Crippen LogP contribution in [0.1, 0.15) is 24.8 Å². The van der Waals surface area contributed by atoms with E-state index in [0.717, 1.165) is 12.8 Å². The Morgan fingerprint density at radius 3 is 2.38 bits per heavy atom. The van der Waals surface area contributed by atoms with Gasteiger partial charge in [0.05, 0.1) is 4.90 Å². The van der Waals surface area contributed by atoms with E-state index < -0.39 is 26.9 Å². The first-order valence-electron chi connectivity index (χ1n) is 9.26. The number of benzene rings is 2. The number of halogens is 1. The molecule has 29 heavy (non-hydrogen) atoms. The van der Waals surface area contributed by atoms with E-state index in [9.17, 15) is 17.4 Å². The molecular formula is C20H23ClN2O4S2. The summed E-state index contributed by atoms with van der Waals surface area (Å²) in [5, 5.41) is 3.25. The van der Waals surface area contributed by atoms with Crippen molar-refractivity contribution in [2.45, 2.75) is 41.6 Å². The number of nitrogens with one attached hydrogen (secondary N) is 1. The predicted molar refractivity (Wildman–Crippen MR) is 114 cm³/mol. The first-order chi connectivity index (χ1) is 13.8. The highest BCUT2D eigenvalue weighted by atomic mass is 35.5. The molecule has 0 spiro atoms. The van der Waals surface area contributed by atoms with E-state index >= 15 is 0 Å². The zero-order valence-corrected chi connectivity index (χ0v) is 18.4. The number of sulfonamides is 1. The molecule has 1 heterocycles. The van der Waals surface area contributed by atoms with Gasteiger partial charge in [0.2, 0.25) is 15.9 Å². The van der Waals surface area contributed by atoms with Crippen molar-refractivity contribution in [3.05, 3.63) is 59.1 Å². The smallest absolute Gasteiger partial charge is 0.244 e. The average Bonchev–Trinajstić information content (AvgIpc) is 2.91. The van der Waals surface area contributed by atoms with Crippen molar-refractivity contribution < 1.29 is 17.4 Å². The van der Waals surface area contributed by atoms with Crippen molar-refractivity contribution in [1.29, 1.82) is 0 Å². The summed E-state index contributed by atoms with van der Waals surface area (Å²) in [6.07, 6.45) is 3.61. The van der Waals surface area contributed by atoms with Crippen LogP contribution in [0.5, 0.6) is 0 Å². The van der Waals surface area contributed by atoms with Gasteiger partial charge >= 0.3 is 0 Å². The van der Waals surface area contributed by atoms with Gasteiger partial charge in [-0.1, -0.05) is 23.7 Å². The fourth-order valence-corrected chi connectivity index (χ4v) is 5.52. The van der Waals surface area contributed by atoms with E-state index in [0.29, 0.717) is 28.4 Å². The van der Waals surface area contributed by atoms with E-state index in [2.05, 4.69) is 5.32 Å². The van der Waals surface area contributed by atoms with E-state index in [1.54, 1.807) is 30.5 Å². The van der Waals surface area contributed by atoms with Gasteiger partial charge in [0.15, 0.2) is 0 Å². The zero-order valence-electron chi connectivity index (χ0n) is 16.0. The van der Waals surface area contributed by atoms with Crippen molar-refractivity contribution in [3.63, 3.8) is 0 Å². The van der Waals surface area contributed by atoms with Crippen LogP contribution in [0, 0.1) is 0 Å². The van der Waals surface area contributed by atoms with Gasteiger partial charge in [0, 0.05) is 40.1 Å². The maximum Gasteiger partial charge on any atom is 0.244 e. The zero-order chi connectivity index (χ0) is 21.0. The average molecular weight is 455 g/mol. The molecule has 1 saturated heterocycles. The number of nitrogens with zero attached hydrogens (tertiary/aromatic N) is 1. The van der Waals surface area contributed by atoms with Crippen LogP contribution in [-0.4, -0.2) is 41.7 Å². The second-order valence-corrected chi connectivity index (χ2v) is 10.6. The molecular weight excluding hydrogens is 432 g/mol. The number of carbonyl (C=O) groups excluding carboxylic acids is 1. The monoisotopic (exact) mass is 454 g/mol. The molecule has 1 N–H and O–H groups in total. The van der Waals surface area contributed by atoms with Crippen molar-refractivity contribution in [2.75, 3.05) is 12.8 Å². The van der Waals surface area contributed by atoms with Gasteiger partial charge in [-0.3, -0.25) is 9.00 Å². The van der Waals surface area contributed by atoms with Crippen LogP contribution in [0.4, 0.5) is 0 Å². The Morgan fingerprint density at radius 1 is 1.10 bits per heavy atom. The SMILES string of the molecule is CS(=O)c1ccc(CN(C2CCCCNC2=O)S(=O)(=O)c2ccc(Cl)cc2)cc1. The molecule has 0 bridgehead atoms. The summed E-state index contributed by atoms with van der Waals surface area (Å²) in [7, 11) is -5.06. The summed E-state index contributed by atoms with van der Waals surface area (Å²) in [5.74, 6) is -0.286. The minimum atomic E-state index is -3.94. The predicted octanol–water partition coefficient (Wildman–Crippen LogP) is 2.94. The van der Waals surface area contributed by atoms with Gasteiger partial charge in [-0.2, -0.15) is 4.31 Å². The third-order valence-corrected chi connectivity index (χ3v) is 7.92. The van der Waals surface area contributed by atoms with Crippen LogP contribution >= 0.6 is 11.6 Å². The Labute approximate surface area is 178 Å². The lowest BCUT2D eigenvalue weighted by atomic mass is 10.1. The van der Waals surface area contributed by atoms with Gasteiger partial charge in [-0.25, -0.2) is 8.42 Å². The molecule has 3 rings (SSSR count). The highest BCUT2D eigenvalue weighted by molar-refractivity contribution is 7.89. The molecule has 156 valence electrons. The first-order valence-corrected chi connectivity index (χ1v) is 12.6. The molecule has 0 aliphatic carbocycles. The minimum Gasteiger partial charge on any atom is -0.355 e. The Balaban J connectivity index is 1.99. The maximum atomic E-state index is 13.4. The first kappa shape index (κ1) is 22.0. The molecule has 2 atom stereocenters. The van der Waals surface area contributed by atoms with E-state index in [1.807, 2.05) is 0 Å². The lowest BCUT2D eigenvalue weighted by molar-refractivity contribution is -0.124.